The number of thioether (sulfide) groups is 1. The zero-order valence-corrected chi connectivity index (χ0v) is 25.5. The zero-order valence-electron chi connectivity index (χ0n) is 24.7. The summed E-state index contributed by atoms with van der Waals surface area (Å²) in [5, 5.41) is 12.9. The number of aromatic nitrogens is 1. The summed E-state index contributed by atoms with van der Waals surface area (Å²) in [6.45, 7) is 8.20. The van der Waals surface area contributed by atoms with E-state index in [1.807, 2.05) is 55.7 Å². The van der Waals surface area contributed by atoms with Crippen LogP contribution in [0.25, 0.3) is 5.70 Å². The van der Waals surface area contributed by atoms with Crippen molar-refractivity contribution in [2.24, 2.45) is 0 Å². The third-order valence-electron chi connectivity index (χ3n) is 7.43. The molecular formula is C33H42N4O4S. The predicted molar refractivity (Wildman–Crippen MR) is 167 cm³/mol. The molecule has 1 saturated heterocycles. The van der Waals surface area contributed by atoms with Gasteiger partial charge >= 0.3 is 0 Å². The summed E-state index contributed by atoms with van der Waals surface area (Å²) in [5.41, 5.74) is 3.95. The van der Waals surface area contributed by atoms with Gasteiger partial charge in [-0.25, -0.2) is 5.06 Å². The smallest absolute Gasteiger partial charge is 0.159 e. The van der Waals surface area contributed by atoms with E-state index in [1.165, 1.54) is 10.6 Å². The molecule has 2 aromatic carbocycles. The lowest BCUT2D eigenvalue weighted by Gasteiger charge is -2.30. The molecule has 224 valence electrons. The maximum Gasteiger partial charge on any atom is 0.159 e. The summed E-state index contributed by atoms with van der Waals surface area (Å²) in [5.74, 6) is 1.76. The van der Waals surface area contributed by atoms with E-state index in [0.29, 0.717) is 19.8 Å². The van der Waals surface area contributed by atoms with Crippen molar-refractivity contribution in [1.29, 1.82) is 0 Å². The molecule has 0 spiro atoms. The molecule has 0 radical (unpaired) electrons. The SMILES string of the molecule is Cc1ccc(OCCCCCOc2ccc(C3=C(CN4CCOCC4)SC(N(C)Cc4cccnc4)N3O)cc2)cc1. The van der Waals surface area contributed by atoms with E-state index in [4.69, 9.17) is 14.2 Å². The van der Waals surface area contributed by atoms with Crippen molar-refractivity contribution in [2.45, 2.75) is 38.2 Å². The average Bonchev–Trinajstić information content (AvgIpc) is 3.34. The normalized spacial score (nSPS) is 17.7. The van der Waals surface area contributed by atoms with Crippen LogP contribution in [0.3, 0.4) is 0 Å². The number of benzene rings is 2. The number of ether oxygens (including phenoxy) is 3. The van der Waals surface area contributed by atoms with Crippen molar-refractivity contribution in [3.63, 3.8) is 0 Å². The zero-order chi connectivity index (χ0) is 29.1. The summed E-state index contributed by atoms with van der Waals surface area (Å²) < 4.78 is 17.4. The molecule has 0 bridgehead atoms. The third-order valence-corrected chi connectivity index (χ3v) is 8.81. The molecule has 0 amide bonds. The molecule has 1 fully saturated rings. The summed E-state index contributed by atoms with van der Waals surface area (Å²) >= 11 is 1.71. The van der Waals surface area contributed by atoms with Gasteiger partial charge in [0.15, 0.2) is 5.50 Å². The van der Waals surface area contributed by atoms with Crippen LogP contribution in [0, 0.1) is 6.92 Å². The van der Waals surface area contributed by atoms with Crippen LogP contribution in [0.2, 0.25) is 0 Å². The Morgan fingerprint density at radius 3 is 2.26 bits per heavy atom. The topological polar surface area (TPSA) is 70.5 Å². The fourth-order valence-corrected chi connectivity index (χ4v) is 6.37. The lowest BCUT2D eigenvalue weighted by Crippen LogP contribution is -2.38. The van der Waals surface area contributed by atoms with Gasteiger partial charge in [-0.1, -0.05) is 35.5 Å². The Kier molecular flexibility index (Phi) is 11.1. The van der Waals surface area contributed by atoms with E-state index >= 15 is 0 Å². The molecule has 0 saturated carbocycles. The summed E-state index contributed by atoms with van der Waals surface area (Å²) in [4.78, 5) is 9.95. The first-order valence-electron chi connectivity index (χ1n) is 14.8. The van der Waals surface area contributed by atoms with Crippen LogP contribution in [0.5, 0.6) is 11.5 Å². The molecule has 2 aliphatic heterocycles. The molecular weight excluding hydrogens is 548 g/mol. The van der Waals surface area contributed by atoms with Crippen LogP contribution < -0.4 is 9.47 Å². The number of hydrogen-bond donors (Lipinski definition) is 1. The van der Waals surface area contributed by atoms with Gasteiger partial charge in [0, 0.05) is 49.0 Å². The van der Waals surface area contributed by atoms with Gasteiger partial charge in [-0.05, 0) is 81.3 Å². The first kappa shape index (κ1) is 30.4. The van der Waals surface area contributed by atoms with Crippen LogP contribution in [0.1, 0.15) is 36.0 Å². The Hall–Kier alpha value is -3.08. The molecule has 9 heteroatoms. The lowest BCUT2D eigenvalue weighted by atomic mass is 10.1. The fourth-order valence-electron chi connectivity index (χ4n) is 5.08. The van der Waals surface area contributed by atoms with Gasteiger partial charge in [-0.15, -0.1) is 0 Å². The molecule has 0 aliphatic carbocycles. The highest BCUT2D eigenvalue weighted by Gasteiger charge is 2.36. The first-order valence-corrected chi connectivity index (χ1v) is 15.6. The van der Waals surface area contributed by atoms with E-state index in [0.717, 1.165) is 85.3 Å². The van der Waals surface area contributed by atoms with E-state index in [1.54, 1.807) is 18.0 Å². The monoisotopic (exact) mass is 590 g/mol. The van der Waals surface area contributed by atoms with Gasteiger partial charge in [-0.2, -0.15) is 0 Å². The Bertz CT molecular complexity index is 1270. The van der Waals surface area contributed by atoms with Gasteiger partial charge < -0.3 is 14.2 Å². The van der Waals surface area contributed by atoms with E-state index in [9.17, 15) is 5.21 Å². The molecule has 3 aromatic rings. The van der Waals surface area contributed by atoms with Crippen LogP contribution in [0.4, 0.5) is 0 Å². The van der Waals surface area contributed by atoms with Gasteiger partial charge in [0.05, 0.1) is 32.1 Å². The predicted octanol–water partition coefficient (Wildman–Crippen LogP) is 5.87. The highest BCUT2D eigenvalue weighted by atomic mass is 32.2. The highest BCUT2D eigenvalue weighted by molar-refractivity contribution is 8.04. The highest BCUT2D eigenvalue weighted by Crippen LogP contribution is 2.43. The van der Waals surface area contributed by atoms with E-state index < -0.39 is 0 Å². The second kappa shape index (κ2) is 15.4. The second-order valence-electron chi connectivity index (χ2n) is 10.8. The minimum absolute atomic E-state index is 0.234. The molecule has 1 atom stereocenters. The molecule has 1 unspecified atom stereocenters. The number of pyridine rings is 1. The number of nitrogens with zero attached hydrogens (tertiary/aromatic N) is 4. The quantitative estimate of drug-likeness (QED) is 0.232. The summed E-state index contributed by atoms with van der Waals surface area (Å²) in [6, 6.07) is 20.3. The van der Waals surface area contributed by atoms with Gasteiger partial charge in [-0.3, -0.25) is 20.0 Å². The lowest BCUT2D eigenvalue weighted by molar-refractivity contribution is -0.0777. The van der Waals surface area contributed by atoms with E-state index in [-0.39, 0.29) is 5.50 Å². The van der Waals surface area contributed by atoms with Crippen molar-refractivity contribution >= 4 is 17.5 Å². The second-order valence-corrected chi connectivity index (χ2v) is 12.0. The Labute approximate surface area is 253 Å². The van der Waals surface area contributed by atoms with Crippen LogP contribution in [0.15, 0.2) is 78.0 Å². The van der Waals surface area contributed by atoms with Crippen molar-refractivity contribution in [3.05, 3.63) is 94.7 Å². The standard InChI is InChI=1S/C33H42N4O4S/c1-26-8-12-29(13-9-26)40-19-4-3-5-20-41-30-14-10-28(11-15-30)32-31(25-36-17-21-39-22-18-36)42-33(37(32)38)35(2)24-27-7-6-16-34-23-27/h6-16,23,33,38H,3-5,17-22,24-25H2,1-2H3. The van der Waals surface area contributed by atoms with Crippen molar-refractivity contribution in [3.8, 4) is 11.5 Å². The molecule has 1 aromatic heterocycles. The molecule has 5 rings (SSSR count). The van der Waals surface area contributed by atoms with Crippen molar-refractivity contribution < 1.29 is 19.4 Å². The largest absolute Gasteiger partial charge is 0.494 e. The maximum absolute atomic E-state index is 11.5. The summed E-state index contributed by atoms with van der Waals surface area (Å²) in [7, 11) is 2.04. The Balaban J connectivity index is 1.15. The number of aryl methyl sites for hydroxylation is 1. The van der Waals surface area contributed by atoms with Crippen LogP contribution in [-0.2, 0) is 11.3 Å². The minimum atomic E-state index is -0.234. The average molecular weight is 591 g/mol. The van der Waals surface area contributed by atoms with Crippen LogP contribution in [-0.4, -0.2) is 83.7 Å². The van der Waals surface area contributed by atoms with Crippen molar-refractivity contribution in [1.82, 2.24) is 19.8 Å². The molecule has 8 nitrogen and oxygen atoms in total. The number of rotatable bonds is 14. The van der Waals surface area contributed by atoms with Gasteiger partial charge in [0.1, 0.15) is 11.5 Å². The van der Waals surface area contributed by atoms with Gasteiger partial charge in [0.25, 0.3) is 0 Å². The molecule has 3 heterocycles. The number of hydroxylamine groups is 2. The van der Waals surface area contributed by atoms with Gasteiger partial charge in [0.2, 0.25) is 0 Å². The third kappa shape index (κ3) is 8.49. The fraction of sp³-hybridized carbons (Fsp3) is 0.424. The Morgan fingerprint density at radius 2 is 1.62 bits per heavy atom. The minimum Gasteiger partial charge on any atom is -0.494 e. The number of unbranched alkanes of at least 4 members (excludes halogenated alkanes) is 2. The molecule has 1 N–H and O–H groups in total. The Morgan fingerprint density at radius 1 is 0.952 bits per heavy atom. The number of morpholine rings is 1. The van der Waals surface area contributed by atoms with Crippen LogP contribution >= 0.6 is 11.8 Å². The maximum atomic E-state index is 11.5. The molecule has 2 aliphatic rings. The number of hydrogen-bond acceptors (Lipinski definition) is 9. The first-order chi connectivity index (χ1) is 20.6. The van der Waals surface area contributed by atoms with Crippen molar-refractivity contribution in [2.75, 3.05) is 53.1 Å². The molecule has 42 heavy (non-hydrogen) atoms. The summed E-state index contributed by atoms with van der Waals surface area (Å²) in [6.07, 6.45) is 6.67. The van der Waals surface area contributed by atoms with E-state index in [2.05, 4.69) is 39.9 Å².